The van der Waals surface area contributed by atoms with E-state index in [1.165, 1.54) is 5.56 Å². The van der Waals surface area contributed by atoms with Crippen LogP contribution in [0, 0.1) is 11.3 Å². The average Bonchev–Trinajstić information content (AvgIpc) is 3.36. The molecule has 0 amide bonds. The van der Waals surface area contributed by atoms with Crippen molar-refractivity contribution in [1.82, 2.24) is 19.9 Å². The summed E-state index contributed by atoms with van der Waals surface area (Å²) in [6, 6.07) is 22.5. The molecule has 194 valence electrons. The van der Waals surface area contributed by atoms with Gasteiger partial charge >= 0.3 is 0 Å². The van der Waals surface area contributed by atoms with E-state index >= 15 is 0 Å². The molecule has 1 aliphatic rings. The SMILES string of the molecule is N#Cc1cncc(-c2ccc3nc(Nc4cc(Cc5ccccc5)nc(N[C@H]5CC[C@H](O)CC5)n4)sc3c2)c1. The van der Waals surface area contributed by atoms with Gasteiger partial charge in [0.05, 0.1) is 27.6 Å². The lowest BCUT2D eigenvalue weighted by Crippen LogP contribution is -2.29. The number of hydrogen-bond acceptors (Lipinski definition) is 9. The molecule has 39 heavy (non-hydrogen) atoms. The van der Waals surface area contributed by atoms with Crippen molar-refractivity contribution in [2.24, 2.45) is 0 Å². The van der Waals surface area contributed by atoms with Gasteiger partial charge in [-0.25, -0.2) is 9.97 Å². The fraction of sp³-hybridized carbons (Fsp3) is 0.233. The van der Waals surface area contributed by atoms with Gasteiger partial charge in [0.1, 0.15) is 11.9 Å². The maximum absolute atomic E-state index is 9.88. The standard InChI is InChI=1S/C30H27N7OS/c31-16-20-12-22(18-32-17-20)21-6-11-26-27(14-21)39-30(35-26)37-28-15-24(13-19-4-2-1-3-5-19)34-29(36-28)33-23-7-9-25(38)10-8-23/h1-6,11-12,14-15,17-18,23,25,38H,7-10,13H2,(H2,33,34,35,36,37)/t23-,25-. The number of rotatable bonds is 7. The second kappa shape index (κ2) is 11.2. The second-order valence-electron chi connectivity index (χ2n) is 9.78. The maximum Gasteiger partial charge on any atom is 0.225 e. The number of hydrogen-bond donors (Lipinski definition) is 3. The Morgan fingerprint density at radius 1 is 0.923 bits per heavy atom. The lowest BCUT2D eigenvalue weighted by molar-refractivity contribution is 0.126. The highest BCUT2D eigenvalue weighted by molar-refractivity contribution is 7.22. The molecule has 0 atom stereocenters. The number of pyridine rings is 1. The molecule has 0 unspecified atom stereocenters. The van der Waals surface area contributed by atoms with Gasteiger partial charge in [-0.05, 0) is 55.0 Å². The van der Waals surface area contributed by atoms with Gasteiger partial charge in [0.15, 0.2) is 5.13 Å². The summed E-state index contributed by atoms with van der Waals surface area (Å²) < 4.78 is 1.02. The third-order valence-electron chi connectivity index (χ3n) is 6.86. The Kier molecular flexibility index (Phi) is 7.13. The van der Waals surface area contributed by atoms with Gasteiger partial charge in [-0.1, -0.05) is 47.7 Å². The molecule has 0 aliphatic heterocycles. The number of anilines is 3. The predicted octanol–water partition coefficient (Wildman–Crippen LogP) is 6.07. The van der Waals surface area contributed by atoms with Crippen LogP contribution < -0.4 is 10.6 Å². The highest BCUT2D eigenvalue weighted by atomic mass is 32.1. The number of aliphatic hydroxyl groups is 1. The number of thiazole rings is 1. The number of fused-ring (bicyclic) bond motifs is 1. The van der Waals surface area contributed by atoms with Crippen LogP contribution in [0.15, 0.2) is 73.1 Å². The third-order valence-corrected chi connectivity index (χ3v) is 7.79. The van der Waals surface area contributed by atoms with Crippen molar-refractivity contribution in [3.8, 4) is 17.2 Å². The maximum atomic E-state index is 9.88. The fourth-order valence-corrected chi connectivity index (χ4v) is 5.76. The van der Waals surface area contributed by atoms with Crippen molar-refractivity contribution >= 4 is 38.5 Å². The minimum Gasteiger partial charge on any atom is -0.393 e. The van der Waals surface area contributed by atoms with Crippen LogP contribution in [-0.4, -0.2) is 37.2 Å². The van der Waals surface area contributed by atoms with Crippen LogP contribution in [0.3, 0.4) is 0 Å². The van der Waals surface area contributed by atoms with Crippen molar-refractivity contribution in [2.45, 2.75) is 44.2 Å². The molecule has 0 spiro atoms. The first-order chi connectivity index (χ1) is 19.1. The van der Waals surface area contributed by atoms with Crippen molar-refractivity contribution in [3.05, 3.63) is 89.9 Å². The zero-order valence-electron chi connectivity index (χ0n) is 21.2. The largest absolute Gasteiger partial charge is 0.393 e. The Balaban J connectivity index is 1.27. The zero-order valence-corrected chi connectivity index (χ0v) is 22.0. The summed E-state index contributed by atoms with van der Waals surface area (Å²) in [4.78, 5) is 18.5. The van der Waals surface area contributed by atoms with Crippen LogP contribution in [-0.2, 0) is 6.42 Å². The van der Waals surface area contributed by atoms with E-state index in [4.69, 9.17) is 15.0 Å². The summed E-state index contributed by atoms with van der Waals surface area (Å²) in [5.74, 6) is 1.26. The molecule has 8 nitrogen and oxygen atoms in total. The molecule has 5 aromatic rings. The first-order valence-corrected chi connectivity index (χ1v) is 13.8. The molecule has 0 radical (unpaired) electrons. The summed E-state index contributed by atoms with van der Waals surface area (Å²) in [6.45, 7) is 0. The number of aromatic nitrogens is 4. The number of benzene rings is 2. The predicted molar refractivity (Wildman–Crippen MR) is 154 cm³/mol. The monoisotopic (exact) mass is 533 g/mol. The molecule has 9 heteroatoms. The Bertz CT molecular complexity index is 1640. The second-order valence-corrected chi connectivity index (χ2v) is 10.8. The number of nitriles is 1. The smallest absolute Gasteiger partial charge is 0.225 e. The fourth-order valence-electron chi connectivity index (χ4n) is 4.85. The van der Waals surface area contributed by atoms with Crippen LogP contribution >= 0.6 is 11.3 Å². The van der Waals surface area contributed by atoms with Gasteiger partial charge in [-0.3, -0.25) is 4.98 Å². The summed E-state index contributed by atoms with van der Waals surface area (Å²) in [5.41, 5.74) is 5.38. The van der Waals surface area contributed by atoms with Crippen molar-refractivity contribution in [3.63, 3.8) is 0 Å². The summed E-state index contributed by atoms with van der Waals surface area (Å²) in [5, 5.41) is 26.7. The van der Waals surface area contributed by atoms with E-state index in [0.29, 0.717) is 23.8 Å². The Morgan fingerprint density at radius 2 is 1.77 bits per heavy atom. The molecule has 0 saturated heterocycles. The van der Waals surface area contributed by atoms with Crippen molar-refractivity contribution in [1.29, 1.82) is 5.26 Å². The molecule has 1 aliphatic carbocycles. The molecule has 3 heterocycles. The van der Waals surface area contributed by atoms with Gasteiger partial charge in [0.2, 0.25) is 5.95 Å². The number of nitrogens with zero attached hydrogens (tertiary/aromatic N) is 5. The topological polar surface area (TPSA) is 120 Å². The van der Waals surface area contributed by atoms with Gasteiger partial charge < -0.3 is 15.7 Å². The first-order valence-electron chi connectivity index (χ1n) is 13.0. The normalized spacial score (nSPS) is 17.0. The molecule has 2 aromatic carbocycles. The van der Waals surface area contributed by atoms with Crippen molar-refractivity contribution in [2.75, 3.05) is 10.6 Å². The number of aliphatic hydroxyl groups excluding tert-OH is 1. The zero-order chi connectivity index (χ0) is 26.6. The number of nitrogens with one attached hydrogen (secondary N) is 2. The molecule has 6 rings (SSSR count). The van der Waals surface area contributed by atoms with Crippen LogP contribution in [0.4, 0.5) is 16.9 Å². The van der Waals surface area contributed by atoms with E-state index < -0.39 is 0 Å². The summed E-state index contributed by atoms with van der Waals surface area (Å²) in [7, 11) is 0. The van der Waals surface area contributed by atoms with E-state index in [1.807, 2.05) is 42.5 Å². The molecule has 3 N–H and O–H groups in total. The van der Waals surface area contributed by atoms with E-state index in [0.717, 1.165) is 57.9 Å². The molecular weight excluding hydrogens is 506 g/mol. The Hall–Kier alpha value is -4.39. The van der Waals surface area contributed by atoms with Gasteiger partial charge in [-0.15, -0.1) is 0 Å². The average molecular weight is 534 g/mol. The molecule has 1 saturated carbocycles. The lowest BCUT2D eigenvalue weighted by atomic mass is 9.93. The Labute approximate surface area is 230 Å². The highest BCUT2D eigenvalue weighted by Gasteiger charge is 2.20. The van der Waals surface area contributed by atoms with Gasteiger partial charge in [-0.2, -0.15) is 10.2 Å². The minimum atomic E-state index is -0.211. The molecule has 1 fully saturated rings. The van der Waals surface area contributed by atoms with E-state index in [-0.39, 0.29) is 12.1 Å². The third kappa shape index (κ3) is 6.03. The first kappa shape index (κ1) is 24.9. The van der Waals surface area contributed by atoms with Crippen LogP contribution in [0.25, 0.3) is 21.3 Å². The summed E-state index contributed by atoms with van der Waals surface area (Å²) in [6.07, 6.45) is 7.16. The van der Waals surface area contributed by atoms with E-state index in [2.05, 4.69) is 39.9 Å². The lowest BCUT2D eigenvalue weighted by Gasteiger charge is -2.26. The minimum absolute atomic E-state index is 0.211. The highest BCUT2D eigenvalue weighted by Crippen LogP contribution is 2.32. The van der Waals surface area contributed by atoms with E-state index in [9.17, 15) is 10.4 Å². The quantitative estimate of drug-likeness (QED) is 0.231. The van der Waals surface area contributed by atoms with Crippen molar-refractivity contribution < 1.29 is 5.11 Å². The van der Waals surface area contributed by atoms with Gasteiger partial charge in [0, 0.05) is 36.5 Å². The van der Waals surface area contributed by atoms with E-state index in [1.54, 1.807) is 23.7 Å². The Morgan fingerprint density at radius 3 is 2.59 bits per heavy atom. The molecule has 3 aromatic heterocycles. The van der Waals surface area contributed by atoms with Crippen LogP contribution in [0.2, 0.25) is 0 Å². The van der Waals surface area contributed by atoms with Gasteiger partial charge in [0.25, 0.3) is 0 Å². The molecule has 0 bridgehead atoms. The molecular formula is C30H27N7OS. The summed E-state index contributed by atoms with van der Waals surface area (Å²) >= 11 is 1.55. The van der Waals surface area contributed by atoms with Crippen LogP contribution in [0.1, 0.15) is 42.5 Å². The van der Waals surface area contributed by atoms with Crippen LogP contribution in [0.5, 0.6) is 0 Å².